The van der Waals surface area contributed by atoms with Gasteiger partial charge in [-0.1, -0.05) is 6.92 Å². The second-order valence-electron chi connectivity index (χ2n) is 10.5. The predicted octanol–water partition coefficient (Wildman–Crippen LogP) is 4.51. The van der Waals surface area contributed by atoms with Gasteiger partial charge in [-0.2, -0.15) is 18.2 Å². The third kappa shape index (κ3) is 5.67. The molecule has 4 heterocycles. The van der Waals surface area contributed by atoms with E-state index in [0.717, 1.165) is 43.4 Å². The van der Waals surface area contributed by atoms with Gasteiger partial charge in [-0.15, -0.1) is 0 Å². The molecule has 2 atom stereocenters. The van der Waals surface area contributed by atoms with Crippen LogP contribution in [0.5, 0.6) is 0 Å². The van der Waals surface area contributed by atoms with Crippen LogP contribution in [0, 0.1) is 0 Å². The first-order valence-corrected chi connectivity index (χ1v) is 13.6. The Morgan fingerprint density at radius 2 is 1.92 bits per heavy atom. The third-order valence-electron chi connectivity index (χ3n) is 8.09. The monoisotopic (exact) mass is 531 g/mol. The zero-order chi connectivity index (χ0) is 26.9. The number of aromatic nitrogens is 2. The van der Waals surface area contributed by atoms with Gasteiger partial charge in [0.1, 0.15) is 11.4 Å². The first-order valence-electron chi connectivity index (χ1n) is 13.6. The summed E-state index contributed by atoms with van der Waals surface area (Å²) in [5.74, 6) is -0.0483. The van der Waals surface area contributed by atoms with E-state index in [-0.39, 0.29) is 24.2 Å². The molecule has 3 fully saturated rings. The molecular formula is C27H36F3N7O. The van der Waals surface area contributed by atoms with Gasteiger partial charge in [0.2, 0.25) is 11.9 Å². The fourth-order valence-electron chi connectivity index (χ4n) is 5.84. The maximum atomic E-state index is 13.6. The van der Waals surface area contributed by atoms with E-state index in [0.29, 0.717) is 38.0 Å². The van der Waals surface area contributed by atoms with Crippen LogP contribution in [0.4, 0.5) is 36.3 Å². The van der Waals surface area contributed by atoms with Crippen molar-refractivity contribution in [3.63, 3.8) is 0 Å². The number of rotatable bonds is 9. The summed E-state index contributed by atoms with van der Waals surface area (Å²) in [6, 6.07) is 7.36. The second-order valence-corrected chi connectivity index (χ2v) is 10.5. The Bertz CT molecular complexity index is 1140. The highest BCUT2D eigenvalue weighted by Crippen LogP contribution is 2.36. The summed E-state index contributed by atoms with van der Waals surface area (Å²) in [5, 5.41) is 5.96. The molecule has 1 aromatic heterocycles. The molecule has 5 rings (SSSR count). The number of likely N-dealkylation sites (tertiary alicyclic amines) is 1. The van der Waals surface area contributed by atoms with Crippen LogP contribution in [0.15, 0.2) is 24.4 Å². The Labute approximate surface area is 221 Å². The van der Waals surface area contributed by atoms with Gasteiger partial charge in [-0.25, -0.2) is 4.98 Å². The quantitative estimate of drug-likeness (QED) is 0.461. The Morgan fingerprint density at radius 3 is 2.58 bits per heavy atom. The molecule has 38 heavy (non-hydrogen) atoms. The van der Waals surface area contributed by atoms with Crippen molar-refractivity contribution < 1.29 is 18.0 Å². The number of halogens is 3. The Kier molecular flexibility index (Phi) is 7.65. The zero-order valence-electron chi connectivity index (χ0n) is 22.0. The molecule has 0 spiro atoms. The number of nitrogens with one attached hydrogen (secondary N) is 2. The molecule has 3 aliphatic heterocycles. The number of amides is 1. The van der Waals surface area contributed by atoms with E-state index in [1.165, 1.54) is 18.5 Å². The van der Waals surface area contributed by atoms with E-state index >= 15 is 0 Å². The van der Waals surface area contributed by atoms with Gasteiger partial charge in [-0.05, 0) is 62.9 Å². The van der Waals surface area contributed by atoms with Crippen LogP contribution in [0.3, 0.4) is 0 Å². The molecule has 1 amide bonds. The van der Waals surface area contributed by atoms with Gasteiger partial charge in [-0.3, -0.25) is 9.69 Å². The number of anilines is 4. The highest BCUT2D eigenvalue weighted by atomic mass is 19.4. The van der Waals surface area contributed by atoms with Crippen molar-refractivity contribution in [2.45, 2.75) is 63.7 Å². The van der Waals surface area contributed by atoms with Crippen molar-refractivity contribution >= 4 is 29.0 Å². The number of alkyl halides is 3. The fraction of sp³-hybridized carbons (Fsp3) is 0.593. The molecule has 2 bridgehead atoms. The van der Waals surface area contributed by atoms with E-state index in [1.807, 2.05) is 6.07 Å². The van der Waals surface area contributed by atoms with Crippen molar-refractivity contribution in [2.24, 2.45) is 0 Å². The molecule has 8 nitrogen and oxygen atoms in total. The lowest BCUT2D eigenvalue weighted by atomic mass is 10.1. The number of hydrogen-bond donors (Lipinski definition) is 2. The number of hydrogen-bond acceptors (Lipinski definition) is 7. The minimum atomic E-state index is -4.58. The highest BCUT2D eigenvalue weighted by molar-refractivity contribution is 5.78. The molecule has 3 saturated heterocycles. The minimum Gasteiger partial charge on any atom is -0.369 e. The molecule has 0 radical (unpaired) electrons. The van der Waals surface area contributed by atoms with Crippen molar-refractivity contribution in [3.05, 3.63) is 35.5 Å². The summed E-state index contributed by atoms with van der Waals surface area (Å²) < 4.78 is 40.9. The standard InChI is InChI=1S/C27H36F3N7O/c1-3-18-14-19(37-16-20-7-8-21(17-37)35(20)2)9-10-23(18)33-26-32-15-22(27(28,29)30)25(34-26)31-11-5-13-36-12-4-6-24(36)38/h9-10,14-15,20-21H,3-8,11-13,16-17H2,1-2H3,(H2,31,32,33,34)/t20-,21+. The molecule has 3 aliphatic rings. The number of nitrogens with zero attached hydrogens (tertiary/aromatic N) is 5. The molecule has 11 heteroatoms. The lowest BCUT2D eigenvalue weighted by Gasteiger charge is -2.40. The molecule has 1 aromatic carbocycles. The molecule has 2 N–H and O–H groups in total. The average Bonchev–Trinajstić information content (AvgIpc) is 3.36. The van der Waals surface area contributed by atoms with Crippen molar-refractivity contribution in [1.82, 2.24) is 19.8 Å². The summed E-state index contributed by atoms with van der Waals surface area (Å²) in [6.07, 6.45) is 1.38. The number of carbonyl (C=O) groups excluding carboxylic acids is 1. The average molecular weight is 532 g/mol. The van der Waals surface area contributed by atoms with Gasteiger partial charge >= 0.3 is 6.18 Å². The second kappa shape index (κ2) is 11.0. The van der Waals surface area contributed by atoms with Crippen LogP contribution >= 0.6 is 0 Å². The summed E-state index contributed by atoms with van der Waals surface area (Å²) in [6.45, 7) is 5.57. The van der Waals surface area contributed by atoms with Crippen molar-refractivity contribution in [2.75, 3.05) is 55.3 Å². The van der Waals surface area contributed by atoms with Crippen LogP contribution in [0.2, 0.25) is 0 Å². The van der Waals surface area contributed by atoms with E-state index in [4.69, 9.17) is 0 Å². The Hall–Kier alpha value is -3.08. The molecule has 2 aromatic rings. The molecule has 0 aliphatic carbocycles. The lowest BCUT2D eigenvalue weighted by molar-refractivity contribution is -0.137. The number of benzene rings is 1. The highest BCUT2D eigenvalue weighted by Gasteiger charge is 2.38. The van der Waals surface area contributed by atoms with Crippen LogP contribution in [-0.2, 0) is 17.4 Å². The van der Waals surface area contributed by atoms with Gasteiger partial charge in [0.05, 0.1) is 0 Å². The SMILES string of the molecule is CCc1cc(N2C[C@H]3CC[C@@H](C2)N3C)ccc1Nc1ncc(C(F)(F)F)c(NCCCN2CCCC2=O)n1. The third-order valence-corrected chi connectivity index (χ3v) is 8.09. The van der Waals surface area contributed by atoms with Crippen molar-refractivity contribution in [1.29, 1.82) is 0 Å². The zero-order valence-corrected chi connectivity index (χ0v) is 22.0. The maximum Gasteiger partial charge on any atom is 0.421 e. The van der Waals surface area contributed by atoms with Gasteiger partial charge < -0.3 is 20.4 Å². The number of fused-ring (bicyclic) bond motifs is 2. The lowest BCUT2D eigenvalue weighted by Crippen LogP contribution is -2.52. The molecular weight excluding hydrogens is 495 g/mol. The van der Waals surface area contributed by atoms with Crippen LogP contribution in [-0.4, -0.2) is 77.5 Å². The van der Waals surface area contributed by atoms with E-state index in [9.17, 15) is 18.0 Å². The van der Waals surface area contributed by atoms with Crippen molar-refractivity contribution in [3.8, 4) is 0 Å². The summed E-state index contributed by atoms with van der Waals surface area (Å²) in [5.41, 5.74) is 2.11. The number of likely N-dealkylation sites (N-methyl/N-ethyl adjacent to an activating group) is 1. The topological polar surface area (TPSA) is 76.6 Å². The van der Waals surface area contributed by atoms with Crippen LogP contribution < -0.4 is 15.5 Å². The largest absolute Gasteiger partial charge is 0.421 e. The molecule has 0 unspecified atom stereocenters. The molecule has 206 valence electrons. The predicted molar refractivity (Wildman–Crippen MR) is 142 cm³/mol. The fourth-order valence-corrected chi connectivity index (χ4v) is 5.84. The smallest absolute Gasteiger partial charge is 0.369 e. The minimum absolute atomic E-state index is 0.104. The van der Waals surface area contributed by atoms with E-state index in [2.05, 4.69) is 56.5 Å². The first-order chi connectivity index (χ1) is 18.2. The summed E-state index contributed by atoms with van der Waals surface area (Å²) >= 11 is 0. The van der Waals surface area contributed by atoms with Crippen LogP contribution in [0.25, 0.3) is 0 Å². The van der Waals surface area contributed by atoms with Gasteiger partial charge in [0, 0.05) is 68.8 Å². The van der Waals surface area contributed by atoms with Gasteiger partial charge in [0.25, 0.3) is 0 Å². The maximum absolute atomic E-state index is 13.6. The number of piperazine rings is 1. The Morgan fingerprint density at radius 1 is 1.16 bits per heavy atom. The first kappa shape index (κ1) is 26.5. The van der Waals surface area contributed by atoms with Gasteiger partial charge in [0.15, 0.2) is 0 Å². The van der Waals surface area contributed by atoms with Crippen LogP contribution in [0.1, 0.15) is 50.2 Å². The van der Waals surface area contributed by atoms with E-state index in [1.54, 1.807) is 4.90 Å². The molecule has 0 saturated carbocycles. The Balaban J connectivity index is 1.28. The normalized spacial score (nSPS) is 21.9. The van der Waals surface area contributed by atoms with E-state index < -0.39 is 11.7 Å². The summed E-state index contributed by atoms with van der Waals surface area (Å²) in [7, 11) is 2.21. The number of aryl methyl sites for hydroxylation is 1. The number of carbonyl (C=O) groups is 1. The summed E-state index contributed by atoms with van der Waals surface area (Å²) in [4.78, 5) is 26.6.